The van der Waals surface area contributed by atoms with Crippen LogP contribution in [-0.2, 0) is 20.2 Å². The molecule has 6 aliphatic heterocycles. The molecule has 6 aromatic rings. The number of rotatable bonds is 13. The molecule has 18 heteroatoms. The quantitative estimate of drug-likeness (QED) is 0.0588. The van der Waals surface area contributed by atoms with Crippen LogP contribution < -0.4 is 41.3 Å². The van der Waals surface area contributed by atoms with Gasteiger partial charge in [0.1, 0.15) is 23.0 Å². The molecule has 6 aromatic carbocycles. The van der Waals surface area contributed by atoms with E-state index in [1.807, 2.05) is 129 Å². The fourth-order valence-electron chi connectivity index (χ4n) is 14.5. The van der Waals surface area contributed by atoms with Crippen molar-refractivity contribution in [2.75, 3.05) is 22.1 Å². The number of anilines is 2. The smallest absolute Gasteiger partial charge is 0.336 e. The lowest BCUT2D eigenvalue weighted by Crippen LogP contribution is -2.42. The summed E-state index contributed by atoms with van der Waals surface area (Å²) in [5.41, 5.74) is 9.33. The number of ether oxygens (including phenoxy) is 2. The molecule has 88 heavy (non-hydrogen) atoms. The molecule has 16 nitrogen and oxygen atoms in total. The molecule has 6 N–H and O–H groups in total. The number of hydrogen-bond acceptors (Lipinski definition) is 12. The molecule has 0 aliphatic carbocycles. The molecule has 4 atom stereocenters. The summed E-state index contributed by atoms with van der Waals surface area (Å²) in [6, 6.07) is 26.1. The minimum Gasteiger partial charge on any atom is -0.478 e. The SMILES string of the molecule is CC1=CC(C)(C)Nc2cc3c(cc21)C(c1ccc(C(C)C)cc1C(=O)O)=c1cc2c(cc1O3)=NC(C)(CCC1(C)C=C(C)c3cc4c(cc3N1)Oc1cc3c(cc1=C4c1cc(C(C)C)ccc1C(=O)O)C(CS(=O)(=O)O)CC(C)(C)N=3)CC2CS(=O)(=O)O. The van der Waals surface area contributed by atoms with E-state index in [2.05, 4.69) is 43.6 Å². The molecule has 0 radical (unpaired) electrons. The second kappa shape index (κ2) is 20.9. The Kier molecular flexibility index (Phi) is 14.3. The first-order valence-corrected chi connectivity index (χ1v) is 33.2. The average molecular weight is 1230 g/mol. The maximum absolute atomic E-state index is 13.3. The van der Waals surface area contributed by atoms with Crippen LogP contribution in [0.2, 0.25) is 0 Å². The largest absolute Gasteiger partial charge is 0.478 e. The minimum absolute atomic E-state index is 0.0460. The molecule has 6 aliphatic rings. The van der Waals surface area contributed by atoms with Gasteiger partial charge in [-0.25, -0.2) is 9.59 Å². The van der Waals surface area contributed by atoms with Crippen LogP contribution in [0.1, 0.15) is 209 Å². The first-order chi connectivity index (χ1) is 41.0. The van der Waals surface area contributed by atoms with Crippen molar-refractivity contribution in [3.05, 3.63) is 185 Å². The first kappa shape index (κ1) is 60.4. The molecule has 0 fully saturated rings. The van der Waals surface area contributed by atoms with Gasteiger partial charge in [-0.3, -0.25) is 19.1 Å². The van der Waals surface area contributed by atoms with Gasteiger partial charge >= 0.3 is 11.9 Å². The number of hydrogen-bond donors (Lipinski definition) is 6. The Morgan fingerprint density at radius 2 is 1.06 bits per heavy atom. The molecule has 0 saturated carbocycles. The molecular weight excluding hydrogens is 1150 g/mol. The number of nitrogens with zero attached hydrogens (tertiary/aromatic N) is 2. The van der Waals surface area contributed by atoms with Crippen molar-refractivity contribution in [3.63, 3.8) is 0 Å². The fraction of sp³-hybridized carbons (Fsp3) is 0.371. The lowest BCUT2D eigenvalue weighted by Gasteiger charge is -2.40. The topological polar surface area (TPSA) is 251 Å². The van der Waals surface area contributed by atoms with E-state index in [9.17, 15) is 45.7 Å². The van der Waals surface area contributed by atoms with Crippen LogP contribution in [0, 0.1) is 0 Å². The van der Waals surface area contributed by atoms with Gasteiger partial charge in [0, 0.05) is 91.3 Å². The van der Waals surface area contributed by atoms with Gasteiger partial charge in [0.05, 0.1) is 55.5 Å². The number of carboxylic acids is 2. The highest BCUT2D eigenvalue weighted by Crippen LogP contribution is 2.49. The monoisotopic (exact) mass is 1230 g/mol. The van der Waals surface area contributed by atoms with E-state index in [1.165, 1.54) is 0 Å². The highest BCUT2D eigenvalue weighted by Gasteiger charge is 2.41. The zero-order chi connectivity index (χ0) is 63.3. The normalized spacial score (nSPS) is 21.7. The van der Waals surface area contributed by atoms with Crippen molar-refractivity contribution in [1.82, 2.24) is 0 Å². The van der Waals surface area contributed by atoms with Gasteiger partial charge in [0.2, 0.25) is 0 Å². The number of carbonyl (C=O) groups is 2. The van der Waals surface area contributed by atoms with Crippen molar-refractivity contribution in [1.29, 1.82) is 0 Å². The van der Waals surface area contributed by atoms with Crippen LogP contribution in [0.3, 0.4) is 0 Å². The van der Waals surface area contributed by atoms with E-state index in [0.717, 1.165) is 44.8 Å². The lowest BCUT2D eigenvalue weighted by molar-refractivity contribution is 0.0685. The number of carboxylic acid groups (broad SMARTS) is 2. The number of allylic oxidation sites excluding steroid dienone is 2. The Balaban J connectivity index is 0.961. The van der Waals surface area contributed by atoms with Gasteiger partial charge in [0.25, 0.3) is 20.2 Å². The summed E-state index contributed by atoms with van der Waals surface area (Å²) in [5.74, 6) is -2.78. The predicted octanol–water partition coefficient (Wildman–Crippen LogP) is 12.2. The number of nitrogens with one attached hydrogen (secondary N) is 2. The van der Waals surface area contributed by atoms with Crippen LogP contribution in [0.4, 0.5) is 11.4 Å². The van der Waals surface area contributed by atoms with Crippen molar-refractivity contribution in [2.24, 2.45) is 9.98 Å². The molecule has 4 unspecified atom stereocenters. The molecule has 458 valence electrons. The molecule has 0 aromatic heterocycles. The summed E-state index contributed by atoms with van der Waals surface area (Å²) in [6.07, 6.45) is 5.87. The van der Waals surface area contributed by atoms with E-state index >= 15 is 0 Å². The van der Waals surface area contributed by atoms with E-state index in [0.29, 0.717) is 108 Å². The number of aromatic carboxylic acids is 2. The third-order valence-corrected chi connectivity index (χ3v) is 20.1. The summed E-state index contributed by atoms with van der Waals surface area (Å²) >= 11 is 0. The van der Waals surface area contributed by atoms with E-state index < -0.39 is 72.1 Å². The summed E-state index contributed by atoms with van der Waals surface area (Å²) in [5, 5.41) is 31.2. The number of benzene rings is 6. The van der Waals surface area contributed by atoms with Crippen molar-refractivity contribution in [3.8, 4) is 23.0 Å². The van der Waals surface area contributed by atoms with Crippen molar-refractivity contribution >= 4 is 65.8 Å². The second-order valence-electron chi connectivity index (χ2n) is 27.5. The Bertz CT molecular complexity index is 4680. The van der Waals surface area contributed by atoms with Crippen LogP contribution in [0.25, 0.3) is 22.3 Å². The molecule has 12 rings (SSSR count). The van der Waals surface area contributed by atoms with Crippen molar-refractivity contribution in [2.45, 2.75) is 155 Å². The van der Waals surface area contributed by atoms with Gasteiger partial charge in [-0.05, 0) is 180 Å². The molecular formula is C70H74N4O12S2. The van der Waals surface area contributed by atoms with Crippen LogP contribution in [0.5, 0.6) is 23.0 Å². The van der Waals surface area contributed by atoms with Crippen LogP contribution in [-0.4, -0.2) is 81.8 Å². The molecule has 0 amide bonds. The van der Waals surface area contributed by atoms with E-state index in [4.69, 9.17) is 19.5 Å². The Morgan fingerprint density at radius 1 is 0.557 bits per heavy atom. The van der Waals surface area contributed by atoms with E-state index in [-0.39, 0.29) is 34.9 Å². The van der Waals surface area contributed by atoms with Crippen LogP contribution >= 0.6 is 0 Å². The maximum atomic E-state index is 13.3. The minimum atomic E-state index is -4.55. The van der Waals surface area contributed by atoms with Crippen molar-refractivity contribution < 1.29 is 55.2 Å². The zero-order valence-electron chi connectivity index (χ0n) is 51.6. The average Bonchev–Trinajstić information content (AvgIpc) is 3.09. The number of fused-ring (bicyclic) bond motifs is 8. The molecule has 0 spiro atoms. The molecule has 0 bridgehead atoms. The second-order valence-corrected chi connectivity index (χ2v) is 30.5. The van der Waals surface area contributed by atoms with Gasteiger partial charge < -0.3 is 30.3 Å². The van der Waals surface area contributed by atoms with Crippen LogP contribution in [0.15, 0.2) is 107 Å². The van der Waals surface area contributed by atoms with Gasteiger partial charge in [-0.2, -0.15) is 16.8 Å². The Hall–Kier alpha value is -7.90. The fourth-order valence-corrected chi connectivity index (χ4v) is 16.1. The van der Waals surface area contributed by atoms with Gasteiger partial charge in [-0.15, -0.1) is 0 Å². The Morgan fingerprint density at radius 3 is 1.60 bits per heavy atom. The lowest BCUT2D eigenvalue weighted by atomic mass is 9.76. The third-order valence-electron chi connectivity index (χ3n) is 18.4. The zero-order valence-corrected chi connectivity index (χ0v) is 53.2. The summed E-state index contributed by atoms with van der Waals surface area (Å²) in [4.78, 5) is 37.0. The molecule has 0 saturated heterocycles. The maximum Gasteiger partial charge on any atom is 0.336 e. The molecule has 6 heterocycles. The highest BCUT2D eigenvalue weighted by molar-refractivity contribution is 7.86. The summed E-state index contributed by atoms with van der Waals surface area (Å²) < 4.78 is 85.9. The van der Waals surface area contributed by atoms with E-state index in [1.54, 1.807) is 18.2 Å². The summed E-state index contributed by atoms with van der Waals surface area (Å²) in [7, 11) is -8.96. The highest BCUT2D eigenvalue weighted by atomic mass is 32.2. The van der Waals surface area contributed by atoms with Gasteiger partial charge in [0.15, 0.2) is 0 Å². The standard InChI is InChI=1S/C70H74N4O12S2/c1-35(2)39-14-16-44(65(75)76)49(19-39)64-52-22-46-38(6)30-69(11,73-56(46)26-60(52)86-61-27-57-47(23-54(61)64)41(33-87(79,80)81)31-68(9,10)72-57)17-18-70(12)32-42(34-88(82,83)84)48-24-53-62(28-58(48)74-70)85-59-25-55-45(37(5)29-67(7,8)71-55)21-51(59)63(53)43-15-13-40(36(3)4)20-50(43)66(77)78/h13-16,19-30,35-36,41-42,71,73H,17-18,31-34H2,1-12H3,(H,75,76)(H,77,78)(H,79,80,81)(H,82,83,84). The first-order valence-electron chi connectivity index (χ1n) is 29.9. The summed E-state index contributed by atoms with van der Waals surface area (Å²) in [6.45, 7) is 24.2. The predicted molar refractivity (Wildman–Crippen MR) is 342 cm³/mol. The Labute approximate surface area is 513 Å². The third kappa shape index (κ3) is 11.3. The van der Waals surface area contributed by atoms with Gasteiger partial charge in [-0.1, -0.05) is 58.0 Å².